The van der Waals surface area contributed by atoms with E-state index in [9.17, 15) is 14.7 Å². The molecule has 8 heteroatoms. The van der Waals surface area contributed by atoms with Gasteiger partial charge in [0, 0.05) is 5.56 Å². The number of nitrogens with zero attached hydrogens (tertiary/aromatic N) is 1. The molecule has 1 fully saturated rings. The number of aliphatic hydroxyl groups is 1. The van der Waals surface area contributed by atoms with Crippen LogP contribution in [0.15, 0.2) is 70.9 Å². The number of amides is 1. The van der Waals surface area contributed by atoms with E-state index in [1.54, 1.807) is 48.5 Å². The number of ketones is 1. The van der Waals surface area contributed by atoms with Gasteiger partial charge in [-0.05, 0) is 42.5 Å². The van der Waals surface area contributed by atoms with E-state index in [1.807, 2.05) is 0 Å². The van der Waals surface area contributed by atoms with Crippen LogP contribution >= 0.6 is 0 Å². The molecule has 8 nitrogen and oxygen atoms in total. The maximum Gasteiger partial charge on any atom is 0.300 e. The molecule has 0 radical (unpaired) electrons. The average molecular weight is 435 g/mol. The minimum Gasteiger partial charge on any atom is -0.507 e. The van der Waals surface area contributed by atoms with E-state index in [-0.39, 0.29) is 16.9 Å². The summed E-state index contributed by atoms with van der Waals surface area (Å²) in [6, 6.07) is 13.8. The number of furan rings is 1. The number of anilines is 1. The minimum absolute atomic E-state index is 0.108. The molecule has 1 aliphatic heterocycles. The lowest BCUT2D eigenvalue weighted by Gasteiger charge is -2.24. The molecule has 3 aromatic rings. The van der Waals surface area contributed by atoms with Gasteiger partial charge >= 0.3 is 0 Å². The third-order valence-corrected chi connectivity index (χ3v) is 5.26. The Labute approximate surface area is 184 Å². The lowest BCUT2D eigenvalue weighted by Crippen LogP contribution is -2.29. The van der Waals surface area contributed by atoms with Gasteiger partial charge in [-0.2, -0.15) is 0 Å². The summed E-state index contributed by atoms with van der Waals surface area (Å²) in [5, 5.41) is 11.2. The number of carbonyl (C=O) groups excluding carboxylic acids is 2. The fraction of sp³-hybridized carbons (Fsp3) is 0.167. The molecule has 2 aromatic carbocycles. The van der Waals surface area contributed by atoms with E-state index in [4.69, 9.17) is 18.6 Å². The monoisotopic (exact) mass is 435 g/mol. The SMILES string of the molecule is COc1ccc(/C(O)=C2/C(=O)C(=O)N(c3ccccc3OC)C2c2ccco2)cc1OC. The minimum atomic E-state index is -0.991. The number of rotatable bonds is 6. The van der Waals surface area contributed by atoms with Crippen molar-refractivity contribution in [3.8, 4) is 17.2 Å². The van der Waals surface area contributed by atoms with E-state index in [1.165, 1.54) is 38.6 Å². The molecule has 1 aliphatic rings. The van der Waals surface area contributed by atoms with Crippen LogP contribution in [0.5, 0.6) is 17.2 Å². The lowest BCUT2D eigenvalue weighted by atomic mass is 9.99. The topological polar surface area (TPSA) is 98.4 Å². The molecule has 0 spiro atoms. The smallest absolute Gasteiger partial charge is 0.300 e. The number of benzene rings is 2. The first-order valence-corrected chi connectivity index (χ1v) is 9.71. The zero-order valence-corrected chi connectivity index (χ0v) is 17.7. The van der Waals surface area contributed by atoms with Gasteiger partial charge in [-0.15, -0.1) is 0 Å². The molecule has 1 atom stereocenters. The molecule has 164 valence electrons. The molecule has 1 aromatic heterocycles. The fourth-order valence-corrected chi connectivity index (χ4v) is 3.76. The Balaban J connectivity index is 1.93. The summed E-state index contributed by atoms with van der Waals surface area (Å²) >= 11 is 0. The van der Waals surface area contributed by atoms with Gasteiger partial charge in [0.1, 0.15) is 23.3 Å². The number of ether oxygens (including phenoxy) is 3. The summed E-state index contributed by atoms with van der Waals surface area (Å²) in [5.74, 6) is -0.467. The standard InChI is InChI=1S/C24H21NO7/c1-29-16-8-5-4-7-15(16)25-21(18-9-6-12-32-18)20(23(27)24(25)28)22(26)14-10-11-17(30-2)19(13-14)31-3/h4-13,21,26H,1-3H3/b22-20-. The van der Waals surface area contributed by atoms with Crippen LogP contribution in [0.1, 0.15) is 17.4 Å². The van der Waals surface area contributed by atoms with Crippen LogP contribution < -0.4 is 19.1 Å². The molecule has 0 saturated carbocycles. The molecule has 4 rings (SSSR count). The van der Waals surface area contributed by atoms with Crippen LogP contribution in [0.25, 0.3) is 5.76 Å². The number of carbonyl (C=O) groups is 2. The zero-order chi connectivity index (χ0) is 22.8. The molecule has 1 N–H and O–H groups in total. The Morgan fingerprint density at radius 1 is 0.906 bits per heavy atom. The van der Waals surface area contributed by atoms with E-state index in [0.29, 0.717) is 28.7 Å². The van der Waals surface area contributed by atoms with Crippen molar-refractivity contribution >= 4 is 23.1 Å². The number of hydrogen-bond donors (Lipinski definition) is 1. The summed E-state index contributed by atoms with van der Waals surface area (Å²) in [7, 11) is 4.43. The number of hydrogen-bond acceptors (Lipinski definition) is 7. The van der Waals surface area contributed by atoms with Gasteiger partial charge in [-0.25, -0.2) is 0 Å². The van der Waals surface area contributed by atoms with Crippen molar-refractivity contribution in [3.63, 3.8) is 0 Å². The molecule has 2 heterocycles. The maximum atomic E-state index is 13.1. The first-order valence-electron chi connectivity index (χ1n) is 9.71. The summed E-state index contributed by atoms with van der Waals surface area (Å²) < 4.78 is 21.5. The predicted molar refractivity (Wildman–Crippen MR) is 116 cm³/mol. The van der Waals surface area contributed by atoms with E-state index >= 15 is 0 Å². The van der Waals surface area contributed by atoms with Gasteiger partial charge in [0.15, 0.2) is 11.5 Å². The molecule has 0 aliphatic carbocycles. The summed E-state index contributed by atoms with van der Waals surface area (Å²) in [6.45, 7) is 0. The van der Waals surface area contributed by atoms with Crippen LogP contribution in [-0.4, -0.2) is 38.1 Å². The molecule has 32 heavy (non-hydrogen) atoms. The second-order valence-corrected chi connectivity index (χ2v) is 6.93. The molecule has 0 bridgehead atoms. The van der Waals surface area contributed by atoms with Crippen molar-refractivity contribution in [1.29, 1.82) is 0 Å². The molecular weight excluding hydrogens is 414 g/mol. The van der Waals surface area contributed by atoms with Gasteiger partial charge in [-0.3, -0.25) is 14.5 Å². The number of methoxy groups -OCH3 is 3. The Kier molecular flexibility index (Phi) is 5.59. The van der Waals surface area contributed by atoms with Crippen LogP contribution in [-0.2, 0) is 9.59 Å². The summed E-state index contributed by atoms with van der Waals surface area (Å²) in [6.07, 6.45) is 1.44. The Morgan fingerprint density at radius 3 is 2.28 bits per heavy atom. The van der Waals surface area contributed by atoms with Gasteiger partial charge in [0.2, 0.25) is 0 Å². The van der Waals surface area contributed by atoms with Gasteiger partial charge < -0.3 is 23.7 Å². The maximum absolute atomic E-state index is 13.1. The van der Waals surface area contributed by atoms with Gasteiger partial charge in [0.05, 0.1) is 38.9 Å². The normalized spacial score (nSPS) is 17.5. The van der Waals surface area contributed by atoms with Crippen molar-refractivity contribution in [2.24, 2.45) is 0 Å². The average Bonchev–Trinajstić information content (AvgIpc) is 3.45. The summed E-state index contributed by atoms with van der Waals surface area (Å²) in [4.78, 5) is 27.5. The highest BCUT2D eigenvalue weighted by atomic mass is 16.5. The van der Waals surface area contributed by atoms with Gasteiger partial charge in [-0.1, -0.05) is 12.1 Å². The second-order valence-electron chi connectivity index (χ2n) is 6.93. The van der Waals surface area contributed by atoms with Crippen LogP contribution in [0, 0.1) is 0 Å². The van der Waals surface area contributed by atoms with Crippen molar-refractivity contribution in [3.05, 3.63) is 77.8 Å². The summed E-state index contributed by atoms with van der Waals surface area (Å²) in [5.41, 5.74) is 0.560. The number of aliphatic hydroxyl groups excluding tert-OH is 1. The van der Waals surface area contributed by atoms with Gasteiger partial charge in [0.25, 0.3) is 11.7 Å². The highest BCUT2D eigenvalue weighted by Crippen LogP contribution is 2.45. The van der Waals surface area contributed by atoms with E-state index in [0.717, 1.165) is 0 Å². The first-order chi connectivity index (χ1) is 15.5. The Bertz CT molecular complexity index is 1200. The van der Waals surface area contributed by atoms with E-state index < -0.39 is 17.7 Å². The third kappa shape index (κ3) is 3.35. The van der Waals surface area contributed by atoms with Crippen LogP contribution in [0.3, 0.4) is 0 Å². The number of para-hydroxylation sites is 2. The number of Topliss-reactive ketones (excluding diaryl/α,β-unsaturated/α-hetero) is 1. The lowest BCUT2D eigenvalue weighted by molar-refractivity contribution is -0.132. The molecule has 1 unspecified atom stereocenters. The zero-order valence-electron chi connectivity index (χ0n) is 17.7. The molecule has 1 saturated heterocycles. The predicted octanol–water partition coefficient (Wildman–Crippen LogP) is 3.93. The van der Waals surface area contributed by atoms with Crippen molar-refractivity contribution in [2.45, 2.75) is 6.04 Å². The molecule has 1 amide bonds. The van der Waals surface area contributed by atoms with Crippen LogP contribution in [0.2, 0.25) is 0 Å². The van der Waals surface area contributed by atoms with Crippen molar-refractivity contribution in [1.82, 2.24) is 0 Å². The largest absolute Gasteiger partial charge is 0.507 e. The first kappa shape index (κ1) is 21.0. The van der Waals surface area contributed by atoms with E-state index in [2.05, 4.69) is 0 Å². The quantitative estimate of drug-likeness (QED) is 0.356. The van der Waals surface area contributed by atoms with Crippen molar-refractivity contribution in [2.75, 3.05) is 26.2 Å². The third-order valence-electron chi connectivity index (χ3n) is 5.26. The van der Waals surface area contributed by atoms with Crippen molar-refractivity contribution < 1.29 is 33.3 Å². The highest BCUT2D eigenvalue weighted by Gasteiger charge is 2.49. The second kappa shape index (κ2) is 8.50. The highest BCUT2D eigenvalue weighted by molar-refractivity contribution is 6.51. The van der Waals surface area contributed by atoms with Crippen LogP contribution in [0.4, 0.5) is 5.69 Å². The fourth-order valence-electron chi connectivity index (χ4n) is 3.76. The Hall–Kier alpha value is -4.20. The molecular formula is C24H21NO7. The Morgan fingerprint density at radius 2 is 1.62 bits per heavy atom.